The topological polar surface area (TPSA) is 29.9 Å². The van der Waals surface area contributed by atoms with Crippen molar-refractivity contribution in [3.63, 3.8) is 0 Å². The molecule has 1 N–H and O–H groups in total. The molecule has 19 heavy (non-hydrogen) atoms. The van der Waals surface area contributed by atoms with E-state index in [2.05, 4.69) is 50.9 Å². The molecule has 0 radical (unpaired) electrons. The molecule has 3 nitrogen and oxygen atoms in total. The molecule has 102 valence electrons. The molecule has 0 aliphatic carbocycles. The Labute approximate surface area is 122 Å². The van der Waals surface area contributed by atoms with Crippen molar-refractivity contribution in [1.82, 2.24) is 14.9 Å². The zero-order valence-electron chi connectivity index (χ0n) is 11.3. The number of benzene rings is 1. The monoisotopic (exact) mass is 321 g/mol. The Hall–Kier alpha value is -0.870. The molecule has 2 heterocycles. The van der Waals surface area contributed by atoms with Crippen molar-refractivity contribution < 1.29 is 0 Å². The molecule has 1 aromatic heterocycles. The molecule has 2 aromatic rings. The van der Waals surface area contributed by atoms with Crippen LogP contribution in [0.15, 0.2) is 22.7 Å². The zero-order valence-corrected chi connectivity index (χ0v) is 12.9. The SMILES string of the molecule is CCn1c(C2CCCCCN2)nc2cc(Br)ccc21. The van der Waals surface area contributed by atoms with Crippen molar-refractivity contribution in [2.75, 3.05) is 6.54 Å². The smallest absolute Gasteiger partial charge is 0.127 e. The van der Waals surface area contributed by atoms with Crippen molar-refractivity contribution in [1.29, 1.82) is 0 Å². The summed E-state index contributed by atoms with van der Waals surface area (Å²) in [5.41, 5.74) is 2.34. The van der Waals surface area contributed by atoms with E-state index in [0.717, 1.165) is 23.1 Å². The minimum atomic E-state index is 0.411. The molecule has 4 heteroatoms. The first kappa shape index (κ1) is 13.1. The van der Waals surface area contributed by atoms with Gasteiger partial charge in [0.2, 0.25) is 0 Å². The second-order valence-corrected chi connectivity index (χ2v) is 6.12. The summed E-state index contributed by atoms with van der Waals surface area (Å²) in [6, 6.07) is 6.78. The maximum absolute atomic E-state index is 4.88. The molecule has 1 aromatic carbocycles. The number of rotatable bonds is 2. The van der Waals surface area contributed by atoms with Crippen LogP contribution in [0.4, 0.5) is 0 Å². The van der Waals surface area contributed by atoms with Gasteiger partial charge >= 0.3 is 0 Å². The number of hydrogen-bond donors (Lipinski definition) is 1. The number of imidazole rings is 1. The van der Waals surface area contributed by atoms with Crippen molar-refractivity contribution in [3.05, 3.63) is 28.5 Å². The lowest BCUT2D eigenvalue weighted by molar-refractivity contribution is 0.487. The summed E-state index contributed by atoms with van der Waals surface area (Å²) in [7, 11) is 0. The molecule has 0 amide bonds. The quantitative estimate of drug-likeness (QED) is 0.905. The Morgan fingerprint density at radius 3 is 3.11 bits per heavy atom. The Bertz CT molecular complexity index is 568. The van der Waals surface area contributed by atoms with Crippen LogP contribution in [0.5, 0.6) is 0 Å². The molecule has 1 unspecified atom stereocenters. The van der Waals surface area contributed by atoms with Gasteiger partial charge in [0, 0.05) is 11.0 Å². The fraction of sp³-hybridized carbons (Fsp3) is 0.533. The summed E-state index contributed by atoms with van der Waals surface area (Å²) < 4.78 is 3.45. The van der Waals surface area contributed by atoms with Crippen LogP contribution in [-0.2, 0) is 6.54 Å². The lowest BCUT2D eigenvalue weighted by atomic mass is 10.1. The molecular formula is C15H20BrN3. The van der Waals surface area contributed by atoms with Crippen LogP contribution in [0.3, 0.4) is 0 Å². The maximum Gasteiger partial charge on any atom is 0.127 e. The second-order valence-electron chi connectivity index (χ2n) is 5.20. The highest BCUT2D eigenvalue weighted by Crippen LogP contribution is 2.27. The average Bonchev–Trinajstić information content (AvgIpc) is 2.60. The van der Waals surface area contributed by atoms with Crippen LogP contribution in [-0.4, -0.2) is 16.1 Å². The molecule has 1 atom stereocenters. The number of aromatic nitrogens is 2. The summed E-state index contributed by atoms with van der Waals surface area (Å²) in [6.45, 7) is 4.29. The minimum absolute atomic E-state index is 0.411. The van der Waals surface area contributed by atoms with Crippen molar-refractivity contribution in [3.8, 4) is 0 Å². The Morgan fingerprint density at radius 2 is 2.26 bits per heavy atom. The number of nitrogens with one attached hydrogen (secondary N) is 1. The number of aryl methyl sites for hydroxylation is 1. The third-order valence-corrected chi connectivity index (χ3v) is 4.42. The van der Waals surface area contributed by atoms with E-state index >= 15 is 0 Å². The van der Waals surface area contributed by atoms with E-state index in [0.29, 0.717) is 6.04 Å². The fourth-order valence-corrected chi connectivity index (χ4v) is 3.32. The summed E-state index contributed by atoms with van der Waals surface area (Å²) in [5, 5.41) is 3.65. The van der Waals surface area contributed by atoms with E-state index in [4.69, 9.17) is 4.98 Å². The maximum atomic E-state index is 4.88. The van der Waals surface area contributed by atoms with E-state index in [9.17, 15) is 0 Å². The molecule has 0 spiro atoms. The summed E-state index contributed by atoms with van der Waals surface area (Å²) in [4.78, 5) is 4.88. The van der Waals surface area contributed by atoms with Gasteiger partial charge in [-0.15, -0.1) is 0 Å². The van der Waals surface area contributed by atoms with Gasteiger partial charge in [-0.1, -0.05) is 28.8 Å². The Kier molecular flexibility index (Phi) is 3.89. The van der Waals surface area contributed by atoms with Crippen LogP contribution in [0.2, 0.25) is 0 Å². The summed E-state index contributed by atoms with van der Waals surface area (Å²) >= 11 is 3.53. The first-order chi connectivity index (χ1) is 9.29. The molecule has 3 rings (SSSR count). The van der Waals surface area contributed by atoms with Gasteiger partial charge in [-0.3, -0.25) is 0 Å². The molecule has 1 fully saturated rings. The van der Waals surface area contributed by atoms with Gasteiger partial charge in [0.25, 0.3) is 0 Å². The highest BCUT2D eigenvalue weighted by molar-refractivity contribution is 9.10. The van der Waals surface area contributed by atoms with Crippen LogP contribution in [0.25, 0.3) is 11.0 Å². The van der Waals surface area contributed by atoms with Crippen molar-refractivity contribution >= 4 is 27.0 Å². The second kappa shape index (κ2) is 5.63. The van der Waals surface area contributed by atoms with E-state index < -0.39 is 0 Å². The number of fused-ring (bicyclic) bond motifs is 1. The fourth-order valence-electron chi connectivity index (χ4n) is 2.97. The normalized spacial score (nSPS) is 20.6. The predicted molar refractivity (Wildman–Crippen MR) is 82.3 cm³/mol. The van der Waals surface area contributed by atoms with Gasteiger partial charge in [0.05, 0.1) is 17.1 Å². The number of nitrogens with zero attached hydrogens (tertiary/aromatic N) is 2. The minimum Gasteiger partial charge on any atom is -0.327 e. The zero-order chi connectivity index (χ0) is 13.2. The lowest BCUT2D eigenvalue weighted by Gasteiger charge is -2.16. The third-order valence-electron chi connectivity index (χ3n) is 3.93. The van der Waals surface area contributed by atoms with Crippen LogP contribution in [0, 0.1) is 0 Å². The summed E-state index contributed by atoms with van der Waals surface area (Å²) in [5.74, 6) is 1.21. The van der Waals surface area contributed by atoms with Crippen molar-refractivity contribution in [2.24, 2.45) is 0 Å². The third kappa shape index (κ3) is 2.56. The van der Waals surface area contributed by atoms with Crippen molar-refractivity contribution in [2.45, 2.75) is 45.2 Å². The van der Waals surface area contributed by atoms with Gasteiger partial charge in [0.15, 0.2) is 0 Å². The van der Waals surface area contributed by atoms with Gasteiger partial charge in [-0.2, -0.15) is 0 Å². The predicted octanol–water partition coefficient (Wildman–Crippen LogP) is 4.02. The Morgan fingerprint density at radius 1 is 1.37 bits per heavy atom. The number of hydrogen-bond acceptors (Lipinski definition) is 2. The lowest BCUT2D eigenvalue weighted by Crippen LogP contribution is -2.23. The molecule has 1 aliphatic rings. The van der Waals surface area contributed by atoms with Gasteiger partial charge in [-0.25, -0.2) is 4.98 Å². The Balaban J connectivity index is 2.06. The molecule has 1 saturated heterocycles. The largest absolute Gasteiger partial charge is 0.327 e. The van der Waals surface area contributed by atoms with E-state index in [1.54, 1.807) is 0 Å². The molecule has 1 aliphatic heterocycles. The first-order valence-electron chi connectivity index (χ1n) is 7.18. The van der Waals surface area contributed by atoms with Gasteiger partial charge < -0.3 is 9.88 Å². The molecular weight excluding hydrogens is 302 g/mol. The van der Waals surface area contributed by atoms with E-state index in [-0.39, 0.29) is 0 Å². The van der Waals surface area contributed by atoms with Crippen LogP contribution >= 0.6 is 15.9 Å². The van der Waals surface area contributed by atoms with Gasteiger partial charge in [-0.05, 0) is 44.5 Å². The highest BCUT2D eigenvalue weighted by atomic mass is 79.9. The highest BCUT2D eigenvalue weighted by Gasteiger charge is 2.20. The van der Waals surface area contributed by atoms with Crippen LogP contribution in [0.1, 0.15) is 44.5 Å². The van der Waals surface area contributed by atoms with Gasteiger partial charge in [0.1, 0.15) is 5.82 Å². The van der Waals surface area contributed by atoms with E-state index in [1.807, 2.05) is 0 Å². The molecule has 0 saturated carbocycles. The first-order valence-corrected chi connectivity index (χ1v) is 7.98. The van der Waals surface area contributed by atoms with Crippen LogP contribution < -0.4 is 5.32 Å². The average molecular weight is 322 g/mol. The molecule has 0 bridgehead atoms. The number of halogens is 1. The standard InChI is InChI=1S/C15H20BrN3/c1-2-19-14-8-7-11(16)10-13(14)18-15(19)12-6-4-3-5-9-17-12/h7-8,10,12,17H,2-6,9H2,1H3. The van der Waals surface area contributed by atoms with E-state index in [1.165, 1.54) is 37.0 Å². The summed E-state index contributed by atoms with van der Waals surface area (Å²) in [6.07, 6.45) is 5.12.